The van der Waals surface area contributed by atoms with Crippen LogP contribution in [0.25, 0.3) is 11.0 Å². The summed E-state index contributed by atoms with van der Waals surface area (Å²) >= 11 is 0. The van der Waals surface area contributed by atoms with E-state index in [1.807, 2.05) is 35.4 Å². The van der Waals surface area contributed by atoms with E-state index in [-0.39, 0.29) is 5.91 Å². The van der Waals surface area contributed by atoms with E-state index in [9.17, 15) is 4.79 Å². The maximum atomic E-state index is 12.8. The van der Waals surface area contributed by atoms with Crippen molar-refractivity contribution in [2.45, 2.75) is 19.9 Å². The molecule has 1 fully saturated rings. The molecule has 7 nitrogen and oxygen atoms in total. The van der Waals surface area contributed by atoms with Crippen molar-refractivity contribution in [1.29, 1.82) is 0 Å². The van der Waals surface area contributed by atoms with Gasteiger partial charge in [-0.15, -0.1) is 0 Å². The Bertz CT molecular complexity index is 909. The molecule has 3 aromatic rings. The lowest BCUT2D eigenvalue weighted by atomic mass is 10.2. The third-order valence-electron chi connectivity index (χ3n) is 4.72. The predicted molar refractivity (Wildman–Crippen MR) is 107 cm³/mol. The summed E-state index contributed by atoms with van der Waals surface area (Å²) in [7, 11) is 0. The monoisotopic (exact) mass is 364 g/mol. The van der Waals surface area contributed by atoms with Crippen LogP contribution in [0.1, 0.15) is 24.3 Å². The van der Waals surface area contributed by atoms with Gasteiger partial charge in [-0.1, -0.05) is 0 Å². The second-order valence-electron chi connectivity index (χ2n) is 7.08. The number of nitrogens with zero attached hydrogens (tertiary/aromatic N) is 4. The number of piperazine rings is 1. The molecule has 3 aromatic heterocycles. The fourth-order valence-electron chi connectivity index (χ4n) is 3.44. The highest BCUT2D eigenvalue weighted by atomic mass is 16.2. The second-order valence-corrected chi connectivity index (χ2v) is 7.08. The summed E-state index contributed by atoms with van der Waals surface area (Å²) in [5.74, 6) is 0.974. The number of pyridine rings is 2. The molecule has 0 aromatic carbocycles. The highest BCUT2D eigenvalue weighted by Gasteiger charge is 2.25. The molecule has 4 rings (SSSR count). The standard InChI is InChI=1S/C20H24N6O/c1-14(2)23-16-6-4-8-22-19(16)25-9-11-26(12-10-25)20(27)17-13-15-5-3-7-21-18(15)24-17/h3-8,13-14,23H,9-12H2,1-2H3,(H,21,24). The minimum Gasteiger partial charge on any atom is -0.380 e. The van der Waals surface area contributed by atoms with Gasteiger partial charge in [-0.05, 0) is 44.2 Å². The average Bonchev–Trinajstić information content (AvgIpc) is 3.12. The Kier molecular flexibility index (Phi) is 4.66. The molecule has 0 bridgehead atoms. The molecule has 27 heavy (non-hydrogen) atoms. The van der Waals surface area contributed by atoms with Gasteiger partial charge in [0, 0.05) is 50.0 Å². The molecule has 140 valence electrons. The molecule has 1 aliphatic heterocycles. The number of aromatic amines is 1. The predicted octanol–water partition coefficient (Wildman–Crippen LogP) is 2.74. The number of fused-ring (bicyclic) bond motifs is 1. The van der Waals surface area contributed by atoms with Gasteiger partial charge in [0.15, 0.2) is 5.82 Å². The summed E-state index contributed by atoms with van der Waals surface area (Å²) in [5.41, 5.74) is 2.38. The minimum absolute atomic E-state index is 0.0224. The van der Waals surface area contributed by atoms with Crippen LogP contribution in [-0.2, 0) is 0 Å². The number of carbonyl (C=O) groups excluding carboxylic acids is 1. The lowest BCUT2D eigenvalue weighted by molar-refractivity contribution is 0.0741. The molecule has 2 N–H and O–H groups in total. The average molecular weight is 364 g/mol. The van der Waals surface area contributed by atoms with E-state index in [1.54, 1.807) is 6.20 Å². The highest BCUT2D eigenvalue weighted by molar-refractivity contribution is 5.97. The van der Waals surface area contributed by atoms with Crippen molar-refractivity contribution in [3.8, 4) is 0 Å². The third-order valence-corrected chi connectivity index (χ3v) is 4.72. The zero-order chi connectivity index (χ0) is 18.8. The number of hydrogen-bond donors (Lipinski definition) is 2. The van der Waals surface area contributed by atoms with E-state index in [2.05, 4.69) is 45.1 Å². The van der Waals surface area contributed by atoms with E-state index in [4.69, 9.17) is 0 Å². The van der Waals surface area contributed by atoms with Crippen LogP contribution in [0.2, 0.25) is 0 Å². The fourth-order valence-corrected chi connectivity index (χ4v) is 3.44. The van der Waals surface area contributed by atoms with Gasteiger partial charge in [0.25, 0.3) is 5.91 Å². The van der Waals surface area contributed by atoms with E-state index >= 15 is 0 Å². The SMILES string of the molecule is CC(C)Nc1cccnc1N1CCN(C(=O)c2cc3cccnc3[nH]2)CC1. The largest absolute Gasteiger partial charge is 0.380 e. The first-order valence-corrected chi connectivity index (χ1v) is 9.31. The van der Waals surface area contributed by atoms with E-state index in [0.29, 0.717) is 24.8 Å². The summed E-state index contributed by atoms with van der Waals surface area (Å²) < 4.78 is 0. The molecule has 4 heterocycles. The van der Waals surface area contributed by atoms with Gasteiger partial charge in [-0.25, -0.2) is 9.97 Å². The van der Waals surface area contributed by atoms with Crippen LogP contribution in [0.3, 0.4) is 0 Å². The van der Waals surface area contributed by atoms with Crippen molar-refractivity contribution in [2.75, 3.05) is 36.4 Å². The van der Waals surface area contributed by atoms with Gasteiger partial charge in [0.2, 0.25) is 0 Å². The van der Waals surface area contributed by atoms with Crippen LogP contribution in [0, 0.1) is 0 Å². The first-order valence-electron chi connectivity index (χ1n) is 9.31. The lowest BCUT2D eigenvalue weighted by Gasteiger charge is -2.36. The maximum Gasteiger partial charge on any atom is 0.270 e. The molecular formula is C20H24N6O. The van der Waals surface area contributed by atoms with Crippen LogP contribution in [0.5, 0.6) is 0 Å². The highest BCUT2D eigenvalue weighted by Crippen LogP contribution is 2.25. The van der Waals surface area contributed by atoms with E-state index in [0.717, 1.165) is 35.6 Å². The number of carbonyl (C=O) groups is 1. The Balaban J connectivity index is 1.45. The second kappa shape index (κ2) is 7.26. The van der Waals surface area contributed by atoms with Gasteiger partial charge in [0.05, 0.1) is 5.69 Å². The van der Waals surface area contributed by atoms with Crippen molar-refractivity contribution in [2.24, 2.45) is 0 Å². The smallest absolute Gasteiger partial charge is 0.270 e. The molecule has 0 aliphatic carbocycles. The Morgan fingerprint density at radius 2 is 1.85 bits per heavy atom. The molecule has 1 saturated heterocycles. The molecule has 1 aliphatic rings. The van der Waals surface area contributed by atoms with Gasteiger partial charge in [-0.3, -0.25) is 4.79 Å². The third kappa shape index (κ3) is 3.58. The van der Waals surface area contributed by atoms with Crippen LogP contribution in [-0.4, -0.2) is 58.0 Å². The summed E-state index contributed by atoms with van der Waals surface area (Å²) in [4.78, 5) is 28.9. The minimum atomic E-state index is 0.0224. The Labute approximate surface area is 158 Å². The summed E-state index contributed by atoms with van der Waals surface area (Å²) in [6.07, 6.45) is 3.54. The van der Waals surface area contributed by atoms with Crippen molar-refractivity contribution >= 4 is 28.4 Å². The fraction of sp³-hybridized carbons (Fsp3) is 0.350. The number of aromatic nitrogens is 3. The summed E-state index contributed by atoms with van der Waals surface area (Å²) in [5, 5.41) is 4.40. The van der Waals surface area contributed by atoms with Crippen molar-refractivity contribution in [3.63, 3.8) is 0 Å². The normalized spacial score (nSPS) is 14.8. The quantitative estimate of drug-likeness (QED) is 0.744. The first kappa shape index (κ1) is 17.3. The maximum absolute atomic E-state index is 12.8. The van der Waals surface area contributed by atoms with Crippen molar-refractivity contribution < 1.29 is 4.79 Å². The molecule has 1 amide bonds. The summed E-state index contributed by atoms with van der Waals surface area (Å²) in [6.45, 7) is 7.08. The number of H-pyrrole nitrogens is 1. The number of nitrogens with one attached hydrogen (secondary N) is 2. The van der Waals surface area contributed by atoms with Gasteiger partial charge in [0.1, 0.15) is 11.3 Å². The number of amides is 1. The Morgan fingerprint density at radius 1 is 1.11 bits per heavy atom. The number of anilines is 2. The van der Waals surface area contributed by atoms with Gasteiger partial charge >= 0.3 is 0 Å². The Morgan fingerprint density at radius 3 is 2.59 bits per heavy atom. The number of rotatable bonds is 4. The zero-order valence-electron chi connectivity index (χ0n) is 15.6. The van der Waals surface area contributed by atoms with E-state index < -0.39 is 0 Å². The van der Waals surface area contributed by atoms with Crippen LogP contribution in [0.4, 0.5) is 11.5 Å². The number of hydrogen-bond acceptors (Lipinski definition) is 5. The summed E-state index contributed by atoms with van der Waals surface area (Å²) in [6, 6.07) is 10.0. The van der Waals surface area contributed by atoms with E-state index in [1.165, 1.54) is 0 Å². The first-order chi connectivity index (χ1) is 13.1. The van der Waals surface area contributed by atoms with Gasteiger partial charge in [-0.2, -0.15) is 0 Å². The molecule has 0 radical (unpaired) electrons. The molecular weight excluding hydrogens is 340 g/mol. The zero-order valence-corrected chi connectivity index (χ0v) is 15.6. The molecule has 7 heteroatoms. The van der Waals surface area contributed by atoms with Crippen molar-refractivity contribution in [3.05, 3.63) is 48.4 Å². The van der Waals surface area contributed by atoms with Crippen LogP contribution < -0.4 is 10.2 Å². The van der Waals surface area contributed by atoms with Crippen LogP contribution >= 0.6 is 0 Å². The van der Waals surface area contributed by atoms with Gasteiger partial charge < -0.3 is 20.1 Å². The van der Waals surface area contributed by atoms with Crippen molar-refractivity contribution in [1.82, 2.24) is 19.9 Å². The molecule has 0 atom stereocenters. The molecule has 0 unspecified atom stereocenters. The molecule has 0 saturated carbocycles. The topological polar surface area (TPSA) is 77.2 Å². The Hall–Kier alpha value is -3.09. The lowest BCUT2D eigenvalue weighted by Crippen LogP contribution is -2.49. The molecule has 0 spiro atoms. The van der Waals surface area contributed by atoms with Crippen LogP contribution in [0.15, 0.2) is 42.7 Å².